The lowest BCUT2D eigenvalue weighted by Gasteiger charge is -2.35. The van der Waals surface area contributed by atoms with Crippen LogP contribution in [0.25, 0.3) is 0 Å². The van der Waals surface area contributed by atoms with Crippen molar-refractivity contribution < 1.29 is 18.0 Å². The average molecular weight is 410 g/mol. The number of anilines is 2. The smallest absolute Gasteiger partial charge is 0.305 e. The minimum atomic E-state index is -3.83. The summed E-state index contributed by atoms with van der Waals surface area (Å²) < 4.78 is 28.6. The summed E-state index contributed by atoms with van der Waals surface area (Å²) in [6.45, 7) is 0.579. The van der Waals surface area contributed by atoms with Crippen molar-refractivity contribution >= 4 is 33.4 Å². The molecule has 0 aromatic heterocycles. The lowest BCUT2D eigenvalue weighted by atomic mass is 9.88. The second-order valence-corrected chi connectivity index (χ2v) is 9.42. The topological polar surface area (TPSA) is 107 Å². The minimum absolute atomic E-state index is 0.0133. The lowest BCUT2D eigenvalue weighted by Crippen LogP contribution is -2.58. The number of benzene rings is 1. The van der Waals surface area contributed by atoms with Crippen molar-refractivity contribution in [2.45, 2.75) is 24.8 Å². The number of carbonyl (C=O) groups excluding carboxylic acids is 2. The van der Waals surface area contributed by atoms with Gasteiger partial charge in [-0.05, 0) is 57.6 Å². The van der Waals surface area contributed by atoms with Gasteiger partial charge in [-0.3, -0.25) is 13.9 Å². The van der Waals surface area contributed by atoms with Gasteiger partial charge >= 0.3 is 10.2 Å². The van der Waals surface area contributed by atoms with Crippen LogP contribution >= 0.6 is 0 Å². The Kier molecular flexibility index (Phi) is 5.39. The second kappa shape index (κ2) is 7.34. The first kappa shape index (κ1) is 20.6. The number of likely N-dealkylation sites (N-methyl/N-ethyl adjacent to an activating group) is 2. The van der Waals surface area contributed by atoms with Crippen LogP contribution in [0.2, 0.25) is 0 Å². The van der Waals surface area contributed by atoms with Gasteiger partial charge < -0.3 is 15.5 Å². The van der Waals surface area contributed by atoms with Gasteiger partial charge in [0.05, 0.1) is 18.8 Å². The Hall–Kier alpha value is -2.17. The fourth-order valence-corrected chi connectivity index (χ4v) is 5.90. The highest BCUT2D eigenvalue weighted by molar-refractivity contribution is 7.90. The third-order valence-corrected chi connectivity index (χ3v) is 7.44. The van der Waals surface area contributed by atoms with E-state index < -0.39 is 21.7 Å². The van der Waals surface area contributed by atoms with E-state index in [4.69, 9.17) is 5.73 Å². The Morgan fingerprint density at radius 1 is 1.14 bits per heavy atom. The molecule has 0 aliphatic carbocycles. The van der Waals surface area contributed by atoms with Gasteiger partial charge in [0.25, 0.3) is 0 Å². The minimum Gasteiger partial charge on any atom is -0.368 e. The molecule has 2 heterocycles. The highest BCUT2D eigenvalue weighted by Gasteiger charge is 2.59. The highest BCUT2D eigenvalue weighted by atomic mass is 32.2. The number of carbonyl (C=O) groups is 2. The largest absolute Gasteiger partial charge is 0.368 e. The molecule has 0 unspecified atom stereocenters. The predicted molar refractivity (Wildman–Crippen MR) is 107 cm³/mol. The number of nitrogens with two attached hydrogens (primary N) is 1. The van der Waals surface area contributed by atoms with Crippen molar-refractivity contribution in [3.63, 3.8) is 0 Å². The summed E-state index contributed by atoms with van der Waals surface area (Å²) in [6, 6.07) is 6.71. The molecule has 0 radical (unpaired) electrons. The Bertz CT molecular complexity index is 870. The molecule has 2 aliphatic rings. The highest BCUT2D eigenvalue weighted by Crippen LogP contribution is 2.41. The molecule has 154 valence electrons. The van der Waals surface area contributed by atoms with Crippen LogP contribution in [-0.2, 0) is 19.8 Å². The van der Waals surface area contributed by atoms with E-state index in [1.807, 2.05) is 14.1 Å². The summed E-state index contributed by atoms with van der Waals surface area (Å²) in [5.74, 6) is -0.680. The standard InChI is InChI=1S/C18H27N5O4S/c1-20(2)12-16(24)21(3)14-6-8-15(9-7-14)22-13-18(17(19)25)10-4-5-11-23(18)28(22,26)27/h6-9H,4-5,10-13H2,1-3H3,(H2,19,25)/t18-/m1/s1. The van der Waals surface area contributed by atoms with Crippen LogP contribution in [-0.4, -0.2) is 75.8 Å². The Balaban J connectivity index is 1.88. The molecule has 10 heteroatoms. The number of nitrogens with zero attached hydrogens (tertiary/aromatic N) is 4. The van der Waals surface area contributed by atoms with E-state index in [2.05, 4.69) is 0 Å². The molecule has 2 amide bonds. The van der Waals surface area contributed by atoms with E-state index in [1.165, 1.54) is 13.5 Å². The van der Waals surface area contributed by atoms with Crippen molar-refractivity contribution in [2.24, 2.45) is 5.73 Å². The first-order chi connectivity index (χ1) is 13.1. The SMILES string of the molecule is CN(C)CC(=O)N(C)c1ccc(N2C[C@@]3(C(N)=O)CCCCN3S2(=O)=O)cc1. The summed E-state index contributed by atoms with van der Waals surface area (Å²) in [4.78, 5) is 27.7. The first-order valence-corrected chi connectivity index (χ1v) is 10.6. The van der Waals surface area contributed by atoms with E-state index in [0.717, 1.165) is 6.42 Å². The van der Waals surface area contributed by atoms with Crippen molar-refractivity contribution in [3.05, 3.63) is 24.3 Å². The number of piperidine rings is 1. The molecule has 9 nitrogen and oxygen atoms in total. The van der Waals surface area contributed by atoms with Crippen molar-refractivity contribution in [2.75, 3.05) is 50.0 Å². The van der Waals surface area contributed by atoms with E-state index in [1.54, 1.807) is 36.2 Å². The molecule has 0 spiro atoms. The fourth-order valence-electron chi connectivity index (χ4n) is 3.86. The summed E-state index contributed by atoms with van der Waals surface area (Å²) in [5.41, 5.74) is 5.55. The Morgan fingerprint density at radius 2 is 1.79 bits per heavy atom. The molecule has 0 bridgehead atoms. The molecule has 1 aromatic rings. The Labute approximate surface area is 165 Å². The molecule has 0 saturated carbocycles. The normalized spacial score (nSPS) is 24.2. The van der Waals surface area contributed by atoms with E-state index >= 15 is 0 Å². The number of rotatable bonds is 5. The van der Waals surface area contributed by atoms with Gasteiger partial charge in [0.2, 0.25) is 11.8 Å². The maximum atomic E-state index is 13.1. The van der Waals surface area contributed by atoms with Crippen LogP contribution in [0.5, 0.6) is 0 Å². The van der Waals surface area contributed by atoms with Gasteiger partial charge in [-0.2, -0.15) is 12.7 Å². The third-order valence-electron chi connectivity index (χ3n) is 5.45. The zero-order valence-corrected chi connectivity index (χ0v) is 17.3. The van der Waals surface area contributed by atoms with Gasteiger partial charge in [0.15, 0.2) is 0 Å². The third kappa shape index (κ3) is 3.36. The van der Waals surface area contributed by atoms with Gasteiger partial charge in [-0.1, -0.05) is 0 Å². The number of primary amides is 1. The quantitative estimate of drug-likeness (QED) is 0.736. The second-order valence-electron chi connectivity index (χ2n) is 7.65. The van der Waals surface area contributed by atoms with E-state index in [-0.39, 0.29) is 19.0 Å². The number of amides is 2. The van der Waals surface area contributed by atoms with Crippen LogP contribution in [0.3, 0.4) is 0 Å². The summed E-state index contributed by atoms with van der Waals surface area (Å²) in [7, 11) is 1.48. The maximum Gasteiger partial charge on any atom is 0.305 e. The van der Waals surface area contributed by atoms with Crippen molar-refractivity contribution in [1.29, 1.82) is 0 Å². The lowest BCUT2D eigenvalue weighted by molar-refractivity contribution is -0.127. The zero-order chi connectivity index (χ0) is 20.7. The molecule has 2 aliphatic heterocycles. The first-order valence-electron chi connectivity index (χ1n) is 9.21. The summed E-state index contributed by atoms with van der Waals surface area (Å²) in [5, 5.41) is 0. The summed E-state index contributed by atoms with van der Waals surface area (Å²) >= 11 is 0. The predicted octanol–water partition coefficient (Wildman–Crippen LogP) is -0.0142. The Morgan fingerprint density at radius 3 is 2.32 bits per heavy atom. The van der Waals surface area contributed by atoms with Crippen LogP contribution in [0, 0.1) is 0 Å². The summed E-state index contributed by atoms with van der Waals surface area (Å²) in [6.07, 6.45) is 1.90. The van der Waals surface area contributed by atoms with Gasteiger partial charge in [0, 0.05) is 19.3 Å². The monoisotopic (exact) mass is 409 g/mol. The van der Waals surface area contributed by atoms with Crippen molar-refractivity contribution in [1.82, 2.24) is 9.21 Å². The molecular formula is C18H27N5O4S. The van der Waals surface area contributed by atoms with Crippen molar-refractivity contribution in [3.8, 4) is 0 Å². The van der Waals surface area contributed by atoms with Crippen LogP contribution < -0.4 is 14.9 Å². The number of fused-ring (bicyclic) bond motifs is 1. The molecule has 3 rings (SSSR count). The fraction of sp³-hybridized carbons (Fsp3) is 0.556. The molecular weight excluding hydrogens is 382 g/mol. The maximum absolute atomic E-state index is 13.1. The van der Waals surface area contributed by atoms with Crippen LogP contribution in [0.4, 0.5) is 11.4 Å². The molecule has 1 atom stereocenters. The van der Waals surface area contributed by atoms with Gasteiger partial charge in [-0.25, -0.2) is 0 Å². The molecule has 2 fully saturated rings. The molecule has 1 aromatic carbocycles. The number of hydrogen-bond acceptors (Lipinski definition) is 5. The van der Waals surface area contributed by atoms with E-state index in [9.17, 15) is 18.0 Å². The average Bonchev–Trinajstić information content (AvgIpc) is 2.90. The van der Waals surface area contributed by atoms with E-state index in [0.29, 0.717) is 30.8 Å². The molecule has 28 heavy (non-hydrogen) atoms. The van der Waals surface area contributed by atoms with Gasteiger partial charge in [-0.15, -0.1) is 0 Å². The number of hydrogen-bond donors (Lipinski definition) is 1. The van der Waals surface area contributed by atoms with Crippen LogP contribution in [0.15, 0.2) is 24.3 Å². The van der Waals surface area contributed by atoms with Crippen LogP contribution in [0.1, 0.15) is 19.3 Å². The molecule has 2 N–H and O–H groups in total. The van der Waals surface area contributed by atoms with Gasteiger partial charge in [0.1, 0.15) is 5.54 Å². The zero-order valence-electron chi connectivity index (χ0n) is 16.5. The molecule has 2 saturated heterocycles.